The van der Waals surface area contributed by atoms with Gasteiger partial charge in [-0.2, -0.15) is 0 Å². The molecule has 1 aromatic rings. The van der Waals surface area contributed by atoms with Crippen LogP contribution >= 0.6 is 0 Å². The fourth-order valence-electron chi connectivity index (χ4n) is 1.06. The number of hydrogen-bond acceptors (Lipinski definition) is 3. The molecule has 0 radical (unpaired) electrons. The summed E-state index contributed by atoms with van der Waals surface area (Å²) in [5.41, 5.74) is 0.462. The van der Waals surface area contributed by atoms with E-state index in [9.17, 15) is 4.79 Å². The molecule has 3 heteroatoms. The van der Waals surface area contributed by atoms with Gasteiger partial charge in [0.05, 0.1) is 12.7 Å². The summed E-state index contributed by atoms with van der Waals surface area (Å²) in [6.07, 6.45) is 3.37. The third-order valence-corrected chi connectivity index (χ3v) is 2.39. The first kappa shape index (κ1) is 13.1. The molecule has 1 aromatic carbocycles. The van der Waals surface area contributed by atoms with Gasteiger partial charge >= 0.3 is 5.97 Å². The molecule has 1 atom stereocenters. The molecule has 0 aliphatic rings. The third-order valence-electron chi connectivity index (χ3n) is 2.39. The zero-order chi connectivity index (χ0) is 12.7. The van der Waals surface area contributed by atoms with Gasteiger partial charge in [-0.1, -0.05) is 19.8 Å². The normalized spacial score (nSPS) is 11.0. The Labute approximate surface area is 102 Å². The van der Waals surface area contributed by atoms with E-state index >= 15 is 0 Å². The molecular weight excluding hydrogens is 216 g/mol. The third kappa shape index (κ3) is 4.20. The van der Waals surface area contributed by atoms with Crippen LogP contribution in [0.2, 0.25) is 0 Å². The quantitative estimate of drug-likeness (QED) is 0.593. The van der Waals surface area contributed by atoms with Gasteiger partial charge in [0.15, 0.2) is 0 Å². The molecule has 0 saturated heterocycles. The maximum Gasteiger partial charge on any atom is 0.352 e. The number of carbonyl (C=O) groups is 1. The second-order valence-corrected chi connectivity index (χ2v) is 3.67. The number of methoxy groups -OCH3 is 1. The van der Waals surface area contributed by atoms with Crippen molar-refractivity contribution in [2.24, 2.45) is 5.92 Å². The van der Waals surface area contributed by atoms with Crippen molar-refractivity contribution in [1.82, 2.24) is 0 Å². The highest BCUT2D eigenvalue weighted by atomic mass is 16.5. The topological polar surface area (TPSA) is 35.5 Å². The van der Waals surface area contributed by atoms with Crippen molar-refractivity contribution in [2.45, 2.75) is 20.3 Å². The Morgan fingerprint density at radius 3 is 2.53 bits per heavy atom. The summed E-state index contributed by atoms with van der Waals surface area (Å²) in [5.74, 6) is 3.33. The Kier molecular flexibility index (Phi) is 5.09. The number of carbonyl (C=O) groups excluding carboxylic acids is 1. The van der Waals surface area contributed by atoms with Gasteiger partial charge in [0.25, 0.3) is 0 Å². The fourth-order valence-corrected chi connectivity index (χ4v) is 1.06. The standard InChI is InChI=1S/C14H16O3/c1-4-11(2)9-10-17-14(15)12-5-7-13(16-3)8-6-12/h5-8,11H,4H2,1-3H3. The zero-order valence-corrected chi connectivity index (χ0v) is 10.3. The molecule has 0 bridgehead atoms. The Bertz CT molecular complexity index is 423. The smallest absolute Gasteiger partial charge is 0.352 e. The lowest BCUT2D eigenvalue weighted by atomic mass is 10.1. The molecule has 0 saturated carbocycles. The largest absolute Gasteiger partial charge is 0.497 e. The molecule has 0 aromatic heterocycles. The molecule has 1 unspecified atom stereocenters. The maximum absolute atomic E-state index is 11.5. The fraction of sp³-hybridized carbons (Fsp3) is 0.357. The van der Waals surface area contributed by atoms with Crippen molar-refractivity contribution in [2.75, 3.05) is 7.11 Å². The Morgan fingerprint density at radius 1 is 1.35 bits per heavy atom. The number of ether oxygens (including phenoxy) is 2. The van der Waals surface area contributed by atoms with Crippen LogP contribution in [0.4, 0.5) is 0 Å². The van der Waals surface area contributed by atoms with Crippen molar-refractivity contribution in [3.63, 3.8) is 0 Å². The van der Waals surface area contributed by atoms with Crippen LogP contribution in [0.3, 0.4) is 0 Å². The maximum atomic E-state index is 11.5. The minimum absolute atomic E-state index is 0.235. The summed E-state index contributed by atoms with van der Waals surface area (Å²) >= 11 is 0. The average Bonchev–Trinajstić information content (AvgIpc) is 2.38. The summed E-state index contributed by atoms with van der Waals surface area (Å²) in [5, 5.41) is 0. The van der Waals surface area contributed by atoms with E-state index in [0.29, 0.717) is 11.3 Å². The predicted octanol–water partition coefficient (Wildman–Crippen LogP) is 2.86. The zero-order valence-electron chi connectivity index (χ0n) is 10.3. The minimum atomic E-state index is -0.441. The Balaban J connectivity index is 2.59. The van der Waals surface area contributed by atoms with Gasteiger partial charge in [-0.15, -0.1) is 0 Å². The van der Waals surface area contributed by atoms with Gasteiger partial charge in [-0.25, -0.2) is 4.79 Å². The molecule has 17 heavy (non-hydrogen) atoms. The van der Waals surface area contributed by atoms with Gasteiger partial charge in [0, 0.05) is 5.92 Å². The van der Waals surface area contributed by atoms with Gasteiger partial charge in [0.1, 0.15) is 11.9 Å². The molecule has 90 valence electrons. The monoisotopic (exact) mass is 232 g/mol. The second kappa shape index (κ2) is 6.59. The number of hydrogen-bond donors (Lipinski definition) is 0. The van der Waals surface area contributed by atoms with E-state index in [0.717, 1.165) is 6.42 Å². The Morgan fingerprint density at radius 2 is 2.00 bits per heavy atom. The highest BCUT2D eigenvalue weighted by molar-refractivity contribution is 5.90. The molecule has 0 N–H and O–H groups in total. The number of benzene rings is 1. The lowest BCUT2D eigenvalue weighted by Crippen LogP contribution is -2.01. The van der Waals surface area contributed by atoms with E-state index in [4.69, 9.17) is 9.47 Å². The second-order valence-electron chi connectivity index (χ2n) is 3.67. The minimum Gasteiger partial charge on any atom is -0.497 e. The molecule has 0 heterocycles. The van der Waals surface area contributed by atoms with E-state index < -0.39 is 5.97 Å². The Hall–Kier alpha value is -1.95. The lowest BCUT2D eigenvalue weighted by molar-refractivity contribution is 0.0690. The van der Waals surface area contributed by atoms with Crippen molar-refractivity contribution in [3.8, 4) is 17.8 Å². The first-order valence-corrected chi connectivity index (χ1v) is 5.53. The molecular formula is C14H16O3. The van der Waals surface area contributed by atoms with Crippen LogP contribution in [0, 0.1) is 17.9 Å². The van der Waals surface area contributed by atoms with Crippen molar-refractivity contribution in [3.05, 3.63) is 29.8 Å². The summed E-state index contributed by atoms with van der Waals surface area (Å²) in [4.78, 5) is 11.5. The van der Waals surface area contributed by atoms with Crippen molar-refractivity contribution in [1.29, 1.82) is 0 Å². The van der Waals surface area contributed by atoms with E-state index in [1.165, 1.54) is 0 Å². The van der Waals surface area contributed by atoms with Gasteiger partial charge < -0.3 is 9.47 Å². The van der Waals surface area contributed by atoms with E-state index in [-0.39, 0.29) is 5.92 Å². The lowest BCUT2D eigenvalue weighted by Gasteiger charge is -2.00. The first-order valence-electron chi connectivity index (χ1n) is 5.53. The highest BCUT2D eigenvalue weighted by Gasteiger charge is 2.05. The predicted molar refractivity (Wildman–Crippen MR) is 65.6 cm³/mol. The van der Waals surface area contributed by atoms with Crippen LogP contribution in [0.25, 0.3) is 0 Å². The van der Waals surface area contributed by atoms with Gasteiger partial charge in [-0.05, 0) is 30.7 Å². The SMILES string of the molecule is CCC(C)C#COC(=O)c1ccc(OC)cc1. The number of esters is 1. The molecule has 0 spiro atoms. The molecule has 1 rings (SSSR count). The van der Waals surface area contributed by atoms with Gasteiger partial charge in [0.2, 0.25) is 0 Å². The molecule has 0 amide bonds. The van der Waals surface area contributed by atoms with Crippen LogP contribution in [0.15, 0.2) is 24.3 Å². The van der Waals surface area contributed by atoms with Crippen LogP contribution in [0.5, 0.6) is 5.75 Å². The number of rotatable bonds is 3. The van der Waals surface area contributed by atoms with Crippen LogP contribution in [-0.4, -0.2) is 13.1 Å². The van der Waals surface area contributed by atoms with E-state index in [1.807, 2.05) is 13.8 Å². The van der Waals surface area contributed by atoms with Gasteiger partial charge in [-0.3, -0.25) is 0 Å². The van der Waals surface area contributed by atoms with E-state index in [2.05, 4.69) is 12.0 Å². The van der Waals surface area contributed by atoms with E-state index in [1.54, 1.807) is 31.4 Å². The van der Waals surface area contributed by atoms with Crippen LogP contribution in [0.1, 0.15) is 30.6 Å². The molecule has 0 aliphatic heterocycles. The summed E-state index contributed by atoms with van der Waals surface area (Å²) in [7, 11) is 1.57. The first-order chi connectivity index (χ1) is 8.17. The summed E-state index contributed by atoms with van der Waals surface area (Å²) in [6.45, 7) is 4.01. The summed E-state index contributed by atoms with van der Waals surface area (Å²) in [6, 6.07) is 6.70. The van der Waals surface area contributed by atoms with Crippen LogP contribution < -0.4 is 4.74 Å². The molecule has 0 fully saturated rings. The van der Waals surface area contributed by atoms with Crippen molar-refractivity contribution >= 4 is 5.97 Å². The highest BCUT2D eigenvalue weighted by Crippen LogP contribution is 2.11. The van der Waals surface area contributed by atoms with Crippen molar-refractivity contribution < 1.29 is 14.3 Å². The molecule has 0 aliphatic carbocycles. The average molecular weight is 232 g/mol. The summed E-state index contributed by atoms with van der Waals surface area (Å²) < 4.78 is 9.83. The van der Waals surface area contributed by atoms with Crippen LogP contribution in [-0.2, 0) is 4.74 Å². The molecule has 3 nitrogen and oxygen atoms in total.